The van der Waals surface area contributed by atoms with E-state index < -0.39 is 0 Å². The SMILES string of the molecule is O=C1C(=Cc2cc3oc(-c4cc5ccccc5o4)cc3s2)C(=O)c2cc(Cl)c(Cl)cc21. The van der Waals surface area contributed by atoms with Crippen molar-refractivity contribution in [2.75, 3.05) is 0 Å². The van der Waals surface area contributed by atoms with Crippen LogP contribution in [0.25, 0.3) is 38.8 Å². The minimum atomic E-state index is -0.355. The maximum absolute atomic E-state index is 12.7. The third-order valence-corrected chi connectivity index (χ3v) is 6.95. The molecule has 0 unspecified atom stereocenters. The Kier molecular flexibility index (Phi) is 4.02. The number of carbonyl (C=O) groups excluding carboxylic acids is 2. The van der Waals surface area contributed by atoms with Gasteiger partial charge >= 0.3 is 0 Å². The first-order chi connectivity index (χ1) is 15.0. The Labute approximate surface area is 189 Å². The first-order valence-electron chi connectivity index (χ1n) is 9.30. The quantitative estimate of drug-likeness (QED) is 0.198. The van der Waals surface area contributed by atoms with Gasteiger partial charge in [0.05, 0.1) is 20.3 Å². The van der Waals surface area contributed by atoms with Gasteiger partial charge in [0.25, 0.3) is 0 Å². The molecule has 0 saturated carbocycles. The fourth-order valence-electron chi connectivity index (χ4n) is 3.74. The van der Waals surface area contributed by atoms with Crippen LogP contribution in [-0.4, -0.2) is 11.6 Å². The summed E-state index contributed by atoms with van der Waals surface area (Å²) in [7, 11) is 0. The maximum atomic E-state index is 12.7. The van der Waals surface area contributed by atoms with E-state index in [1.54, 1.807) is 6.08 Å². The van der Waals surface area contributed by atoms with E-state index in [0.717, 1.165) is 20.5 Å². The average Bonchev–Trinajstić information content (AvgIpc) is 3.48. The summed E-state index contributed by atoms with van der Waals surface area (Å²) in [5.41, 5.74) is 2.10. The summed E-state index contributed by atoms with van der Waals surface area (Å²) in [5.74, 6) is 0.564. The molecule has 7 heteroatoms. The fourth-order valence-corrected chi connectivity index (χ4v) is 5.03. The number of thiophene rings is 1. The van der Waals surface area contributed by atoms with Crippen molar-refractivity contribution in [3.63, 3.8) is 0 Å². The lowest BCUT2D eigenvalue weighted by molar-refractivity contribution is 0.0990. The summed E-state index contributed by atoms with van der Waals surface area (Å²) in [6, 6.07) is 16.3. The van der Waals surface area contributed by atoms with E-state index in [4.69, 9.17) is 32.0 Å². The van der Waals surface area contributed by atoms with Gasteiger partial charge < -0.3 is 8.83 Å². The molecule has 150 valence electrons. The number of fused-ring (bicyclic) bond motifs is 3. The van der Waals surface area contributed by atoms with Crippen LogP contribution in [-0.2, 0) is 0 Å². The smallest absolute Gasteiger partial charge is 0.197 e. The number of furan rings is 2. The standard InChI is InChI=1S/C24H10Cl2O4S/c25-16-8-13-14(9-17(16)26)24(28)15(23(13)27)6-12-7-21-22(31-12)10-20(30-21)19-5-11-3-1-2-4-18(11)29-19/h1-10H. The molecule has 0 amide bonds. The highest BCUT2D eigenvalue weighted by atomic mass is 35.5. The summed E-state index contributed by atoms with van der Waals surface area (Å²) in [6.07, 6.45) is 1.59. The number of carbonyl (C=O) groups is 2. The number of halogens is 2. The molecule has 3 aromatic heterocycles. The number of benzene rings is 2. The molecule has 0 fully saturated rings. The highest BCUT2D eigenvalue weighted by Gasteiger charge is 2.34. The first-order valence-corrected chi connectivity index (χ1v) is 10.9. The zero-order valence-corrected chi connectivity index (χ0v) is 17.9. The van der Waals surface area contributed by atoms with Crippen molar-refractivity contribution in [1.82, 2.24) is 0 Å². The van der Waals surface area contributed by atoms with Crippen LogP contribution in [0.4, 0.5) is 0 Å². The molecule has 0 radical (unpaired) electrons. The second-order valence-electron chi connectivity index (χ2n) is 7.16. The van der Waals surface area contributed by atoms with E-state index in [0.29, 0.717) is 17.1 Å². The molecule has 2 aromatic carbocycles. The summed E-state index contributed by atoms with van der Waals surface area (Å²) in [6.45, 7) is 0. The van der Waals surface area contributed by atoms with E-state index in [-0.39, 0.29) is 38.3 Å². The van der Waals surface area contributed by atoms with Crippen LogP contribution in [0.3, 0.4) is 0 Å². The van der Waals surface area contributed by atoms with Gasteiger partial charge in [-0.25, -0.2) is 0 Å². The van der Waals surface area contributed by atoms with E-state index in [9.17, 15) is 9.59 Å². The highest BCUT2D eigenvalue weighted by molar-refractivity contribution is 7.19. The lowest BCUT2D eigenvalue weighted by atomic mass is 10.1. The van der Waals surface area contributed by atoms with E-state index in [2.05, 4.69) is 0 Å². The number of rotatable bonds is 2. The minimum Gasteiger partial charge on any atom is -0.453 e. The summed E-state index contributed by atoms with van der Waals surface area (Å²) in [5, 5.41) is 1.49. The van der Waals surface area contributed by atoms with E-state index >= 15 is 0 Å². The van der Waals surface area contributed by atoms with Crippen LogP contribution in [0.1, 0.15) is 25.6 Å². The lowest BCUT2D eigenvalue weighted by Crippen LogP contribution is -1.99. The second-order valence-corrected chi connectivity index (χ2v) is 9.09. The fraction of sp³-hybridized carbons (Fsp3) is 0. The highest BCUT2D eigenvalue weighted by Crippen LogP contribution is 2.38. The Bertz CT molecular complexity index is 1490. The molecule has 5 aromatic rings. The number of para-hydroxylation sites is 1. The first kappa shape index (κ1) is 18.6. The predicted molar refractivity (Wildman–Crippen MR) is 122 cm³/mol. The third kappa shape index (κ3) is 2.89. The van der Waals surface area contributed by atoms with Crippen molar-refractivity contribution in [1.29, 1.82) is 0 Å². The van der Waals surface area contributed by atoms with Crippen LogP contribution in [0.2, 0.25) is 10.0 Å². The van der Waals surface area contributed by atoms with Crippen LogP contribution < -0.4 is 0 Å². The molecule has 0 spiro atoms. The Morgan fingerprint density at radius 2 is 1.42 bits per heavy atom. The Morgan fingerprint density at radius 3 is 2.10 bits per heavy atom. The van der Waals surface area contributed by atoms with Crippen molar-refractivity contribution < 1.29 is 18.4 Å². The van der Waals surface area contributed by atoms with Crippen LogP contribution in [0, 0.1) is 0 Å². The molecular weight excluding hydrogens is 455 g/mol. The number of hydrogen-bond acceptors (Lipinski definition) is 5. The molecule has 0 bridgehead atoms. The maximum Gasteiger partial charge on any atom is 0.197 e. The van der Waals surface area contributed by atoms with Crippen molar-refractivity contribution in [2.45, 2.75) is 0 Å². The molecule has 1 aliphatic carbocycles. The normalized spacial score (nSPS) is 13.5. The Hall–Kier alpha value is -3.12. The van der Waals surface area contributed by atoms with E-state index in [1.807, 2.05) is 42.5 Å². The molecule has 4 nitrogen and oxygen atoms in total. The van der Waals surface area contributed by atoms with Crippen molar-refractivity contribution in [3.05, 3.63) is 86.2 Å². The predicted octanol–water partition coefficient (Wildman–Crippen LogP) is 7.68. The second kappa shape index (κ2) is 6.69. The zero-order valence-electron chi connectivity index (χ0n) is 15.6. The van der Waals surface area contributed by atoms with Gasteiger partial charge in [-0.3, -0.25) is 9.59 Å². The molecule has 0 saturated heterocycles. The van der Waals surface area contributed by atoms with Gasteiger partial charge in [0.1, 0.15) is 11.2 Å². The minimum absolute atomic E-state index is 0.0924. The van der Waals surface area contributed by atoms with Gasteiger partial charge in [-0.2, -0.15) is 0 Å². The lowest BCUT2D eigenvalue weighted by Gasteiger charge is -1.98. The van der Waals surface area contributed by atoms with Crippen LogP contribution in [0.5, 0.6) is 0 Å². The third-order valence-electron chi connectivity index (χ3n) is 5.22. The number of allylic oxidation sites excluding steroid dienone is 1. The van der Waals surface area contributed by atoms with Gasteiger partial charge in [0.2, 0.25) is 0 Å². The molecule has 31 heavy (non-hydrogen) atoms. The summed E-state index contributed by atoms with van der Waals surface area (Å²) in [4.78, 5) is 26.2. The molecular formula is C24H10Cl2O4S. The van der Waals surface area contributed by atoms with E-state index in [1.165, 1.54) is 23.5 Å². The van der Waals surface area contributed by atoms with Gasteiger partial charge in [0.15, 0.2) is 23.1 Å². The molecule has 0 aliphatic heterocycles. The number of hydrogen-bond donors (Lipinski definition) is 0. The van der Waals surface area contributed by atoms with Gasteiger partial charge in [0, 0.05) is 27.5 Å². The topological polar surface area (TPSA) is 60.4 Å². The van der Waals surface area contributed by atoms with Gasteiger partial charge in [-0.05, 0) is 36.4 Å². The molecule has 1 aliphatic rings. The molecule has 0 atom stereocenters. The molecule has 0 N–H and O–H groups in total. The van der Waals surface area contributed by atoms with Crippen molar-refractivity contribution >= 4 is 73.4 Å². The van der Waals surface area contributed by atoms with Gasteiger partial charge in [-0.1, -0.05) is 41.4 Å². The van der Waals surface area contributed by atoms with Crippen LogP contribution in [0.15, 0.2) is 69.0 Å². The number of ketones is 2. The van der Waals surface area contributed by atoms with Crippen molar-refractivity contribution in [3.8, 4) is 11.5 Å². The number of Topliss-reactive ketones (excluding diaryl/α,β-unsaturated/α-hetero) is 2. The monoisotopic (exact) mass is 464 g/mol. The molecule has 3 heterocycles. The average molecular weight is 465 g/mol. The Balaban J connectivity index is 1.37. The molecule has 6 rings (SSSR count). The largest absolute Gasteiger partial charge is 0.453 e. The zero-order chi connectivity index (χ0) is 21.3. The summed E-state index contributed by atoms with van der Waals surface area (Å²) >= 11 is 13.4. The van der Waals surface area contributed by atoms with Crippen LogP contribution >= 0.6 is 34.5 Å². The summed E-state index contributed by atoms with van der Waals surface area (Å²) < 4.78 is 12.7. The van der Waals surface area contributed by atoms with Gasteiger partial charge in [-0.15, -0.1) is 11.3 Å². The van der Waals surface area contributed by atoms with Crippen molar-refractivity contribution in [2.24, 2.45) is 0 Å². The Morgan fingerprint density at radius 1 is 0.774 bits per heavy atom.